The summed E-state index contributed by atoms with van der Waals surface area (Å²) >= 11 is 1.09. The van der Waals surface area contributed by atoms with Crippen molar-refractivity contribution in [1.29, 1.82) is 0 Å². The van der Waals surface area contributed by atoms with E-state index in [4.69, 9.17) is 9.15 Å². The summed E-state index contributed by atoms with van der Waals surface area (Å²) in [5.41, 5.74) is 0.859. The van der Waals surface area contributed by atoms with Crippen molar-refractivity contribution in [3.63, 3.8) is 0 Å². The molecule has 0 saturated heterocycles. The Balaban J connectivity index is 1.84. The number of nitrogens with one attached hydrogen (secondary N) is 2. The highest BCUT2D eigenvalue weighted by Gasteiger charge is 2.22. The monoisotopic (exact) mass is 463 g/mol. The molecule has 0 aliphatic heterocycles. The van der Waals surface area contributed by atoms with Gasteiger partial charge in [-0.05, 0) is 48.9 Å². The average Bonchev–Trinajstić information content (AvgIpc) is 3.37. The summed E-state index contributed by atoms with van der Waals surface area (Å²) in [6.45, 7) is 1.73. The lowest BCUT2D eigenvalue weighted by molar-refractivity contribution is 0.0995. The van der Waals surface area contributed by atoms with Crippen molar-refractivity contribution >= 4 is 43.9 Å². The summed E-state index contributed by atoms with van der Waals surface area (Å²) in [5.74, 6) is -0.424. The molecule has 0 atom stereocenters. The average molecular weight is 464 g/mol. The highest BCUT2D eigenvalue weighted by Crippen LogP contribution is 2.32. The van der Waals surface area contributed by atoms with Gasteiger partial charge >= 0.3 is 0 Å². The number of rotatable bonds is 7. The van der Waals surface area contributed by atoms with Crippen LogP contribution in [0.3, 0.4) is 0 Å². The molecule has 0 spiro atoms. The third kappa shape index (κ3) is 4.79. The summed E-state index contributed by atoms with van der Waals surface area (Å²) < 4.78 is 36.2. The molecule has 2 heterocycles. The Labute approximate surface area is 183 Å². The van der Waals surface area contributed by atoms with E-state index in [1.54, 1.807) is 19.1 Å². The van der Waals surface area contributed by atoms with Gasteiger partial charge in [-0.25, -0.2) is 12.7 Å². The molecule has 9 nitrogen and oxygen atoms in total. The van der Waals surface area contributed by atoms with Crippen molar-refractivity contribution in [1.82, 2.24) is 4.31 Å². The number of carbonyl (C=O) groups excluding carboxylic acids is 2. The van der Waals surface area contributed by atoms with Crippen LogP contribution in [0.5, 0.6) is 5.75 Å². The van der Waals surface area contributed by atoms with Gasteiger partial charge in [0.25, 0.3) is 11.8 Å². The third-order valence-corrected chi connectivity index (χ3v) is 7.27. The lowest BCUT2D eigenvalue weighted by Crippen LogP contribution is -2.22. The van der Waals surface area contributed by atoms with Gasteiger partial charge in [-0.2, -0.15) is 0 Å². The second-order valence-electron chi connectivity index (χ2n) is 6.66. The first-order valence-electron chi connectivity index (χ1n) is 9.00. The van der Waals surface area contributed by atoms with Gasteiger partial charge < -0.3 is 19.8 Å². The lowest BCUT2D eigenvalue weighted by Gasteiger charge is -2.15. The van der Waals surface area contributed by atoms with Crippen molar-refractivity contribution in [2.45, 2.75) is 11.8 Å². The number of nitrogens with zero attached hydrogens (tertiary/aromatic N) is 1. The molecule has 0 fully saturated rings. The second kappa shape index (κ2) is 8.92. The van der Waals surface area contributed by atoms with Crippen LogP contribution >= 0.6 is 11.3 Å². The maximum absolute atomic E-state index is 12.9. The van der Waals surface area contributed by atoms with Gasteiger partial charge in [-0.15, -0.1) is 11.3 Å². The van der Waals surface area contributed by atoms with Gasteiger partial charge in [0.15, 0.2) is 5.76 Å². The molecule has 3 rings (SSSR count). The first kappa shape index (κ1) is 22.5. The first-order chi connectivity index (χ1) is 14.6. The number of aryl methyl sites for hydroxylation is 1. The smallest absolute Gasteiger partial charge is 0.291 e. The van der Waals surface area contributed by atoms with E-state index >= 15 is 0 Å². The van der Waals surface area contributed by atoms with Gasteiger partial charge in [-0.1, -0.05) is 0 Å². The van der Waals surface area contributed by atoms with E-state index in [1.165, 1.54) is 51.7 Å². The molecule has 0 aliphatic rings. The molecule has 0 bridgehead atoms. The molecule has 1 aromatic carbocycles. The number of methoxy groups -OCH3 is 1. The molecule has 0 radical (unpaired) electrons. The number of thiophene rings is 1. The Bertz CT molecular complexity index is 1210. The molecule has 2 amide bonds. The van der Waals surface area contributed by atoms with Gasteiger partial charge in [0.1, 0.15) is 5.75 Å². The van der Waals surface area contributed by atoms with E-state index in [1.807, 2.05) is 0 Å². The maximum atomic E-state index is 12.9. The number of anilines is 2. The molecule has 0 saturated carbocycles. The van der Waals surface area contributed by atoms with Crippen molar-refractivity contribution in [3.05, 3.63) is 58.9 Å². The van der Waals surface area contributed by atoms with Gasteiger partial charge in [-0.3, -0.25) is 9.59 Å². The van der Waals surface area contributed by atoms with Crippen LogP contribution in [-0.4, -0.2) is 45.7 Å². The molecule has 2 aromatic heterocycles. The Hall–Kier alpha value is -3.15. The van der Waals surface area contributed by atoms with Crippen LogP contribution in [0.15, 0.2) is 52.0 Å². The Kier molecular flexibility index (Phi) is 6.48. The fourth-order valence-electron chi connectivity index (χ4n) is 2.69. The molecule has 0 unspecified atom stereocenters. The zero-order valence-electron chi connectivity index (χ0n) is 17.3. The summed E-state index contributed by atoms with van der Waals surface area (Å²) in [6.07, 6.45) is 1.39. The number of carbonyl (C=O) groups is 2. The van der Waals surface area contributed by atoms with E-state index in [9.17, 15) is 18.0 Å². The van der Waals surface area contributed by atoms with Crippen molar-refractivity contribution in [2.75, 3.05) is 31.8 Å². The predicted octanol–water partition coefficient (Wildman–Crippen LogP) is 3.41. The number of furan rings is 1. The number of ether oxygens (including phenoxy) is 1. The van der Waals surface area contributed by atoms with Crippen molar-refractivity contribution in [3.8, 4) is 5.75 Å². The van der Waals surface area contributed by atoms with E-state index < -0.39 is 21.8 Å². The number of hydrogen-bond donors (Lipinski definition) is 2. The molecule has 11 heteroatoms. The molecule has 31 heavy (non-hydrogen) atoms. The zero-order chi connectivity index (χ0) is 22.8. The van der Waals surface area contributed by atoms with Gasteiger partial charge in [0.2, 0.25) is 10.0 Å². The molecule has 3 aromatic rings. The second-order valence-corrected chi connectivity index (χ2v) is 9.86. The van der Waals surface area contributed by atoms with Crippen LogP contribution in [0.2, 0.25) is 0 Å². The van der Waals surface area contributed by atoms with Crippen LogP contribution in [0.4, 0.5) is 10.7 Å². The van der Waals surface area contributed by atoms with Crippen molar-refractivity contribution < 1.29 is 27.2 Å². The number of amides is 2. The largest absolute Gasteiger partial charge is 0.495 e. The summed E-state index contributed by atoms with van der Waals surface area (Å²) in [6, 6.07) is 9.03. The van der Waals surface area contributed by atoms with E-state index in [0.717, 1.165) is 15.6 Å². The topological polar surface area (TPSA) is 118 Å². The fraction of sp³-hybridized carbons (Fsp3) is 0.200. The van der Waals surface area contributed by atoms with E-state index in [0.29, 0.717) is 21.2 Å². The normalized spacial score (nSPS) is 11.4. The van der Waals surface area contributed by atoms with Crippen molar-refractivity contribution in [2.24, 2.45) is 0 Å². The molecular weight excluding hydrogens is 442 g/mol. The van der Waals surface area contributed by atoms with Gasteiger partial charge in [0.05, 0.1) is 33.8 Å². The standard InChI is InChI=1S/C20H21N3O6S2/c1-12-10-17(22-19(24)16-6-5-9-29-16)30-18(12)20(25)21-14-11-13(7-8-15(14)28-4)31(26,27)23(2)3/h5-11H,1-4H3,(H,21,25)(H,22,24). The third-order valence-electron chi connectivity index (χ3n) is 4.30. The predicted molar refractivity (Wildman–Crippen MR) is 118 cm³/mol. The molecule has 2 N–H and O–H groups in total. The maximum Gasteiger partial charge on any atom is 0.291 e. The first-order valence-corrected chi connectivity index (χ1v) is 11.3. The number of benzene rings is 1. The highest BCUT2D eigenvalue weighted by molar-refractivity contribution is 7.89. The minimum absolute atomic E-state index is 0.0166. The molecule has 164 valence electrons. The highest BCUT2D eigenvalue weighted by atomic mass is 32.2. The van der Waals surface area contributed by atoms with Crippen LogP contribution in [0.1, 0.15) is 25.8 Å². The van der Waals surface area contributed by atoms with E-state index in [2.05, 4.69) is 10.6 Å². The molecular formula is C20H21N3O6S2. The minimum Gasteiger partial charge on any atom is -0.495 e. The minimum atomic E-state index is -3.69. The van der Waals surface area contributed by atoms with E-state index in [-0.39, 0.29) is 16.3 Å². The Morgan fingerprint density at radius 2 is 1.84 bits per heavy atom. The lowest BCUT2D eigenvalue weighted by atomic mass is 10.2. The quantitative estimate of drug-likeness (QED) is 0.554. The van der Waals surface area contributed by atoms with Gasteiger partial charge in [0, 0.05) is 14.1 Å². The SMILES string of the molecule is COc1ccc(S(=O)(=O)N(C)C)cc1NC(=O)c1sc(NC(=O)c2ccco2)cc1C. The van der Waals surface area contributed by atoms with Crippen LogP contribution in [-0.2, 0) is 10.0 Å². The number of hydrogen-bond acceptors (Lipinski definition) is 7. The Morgan fingerprint density at radius 3 is 2.45 bits per heavy atom. The summed E-state index contributed by atoms with van der Waals surface area (Å²) in [5, 5.41) is 5.85. The fourth-order valence-corrected chi connectivity index (χ4v) is 4.58. The Morgan fingerprint density at radius 1 is 1.10 bits per heavy atom. The summed E-state index contributed by atoms with van der Waals surface area (Å²) in [4.78, 5) is 25.4. The molecule has 0 aliphatic carbocycles. The van der Waals surface area contributed by atoms with Crippen LogP contribution < -0.4 is 15.4 Å². The number of sulfonamides is 1. The zero-order valence-corrected chi connectivity index (χ0v) is 18.9. The van der Waals surface area contributed by atoms with Crippen LogP contribution in [0.25, 0.3) is 0 Å². The van der Waals surface area contributed by atoms with Crippen LogP contribution in [0, 0.1) is 6.92 Å². The summed E-state index contributed by atoms with van der Waals surface area (Å²) in [7, 11) is 0.573.